The lowest BCUT2D eigenvalue weighted by atomic mass is 9.98. The summed E-state index contributed by atoms with van der Waals surface area (Å²) in [5.41, 5.74) is 3.38. The quantitative estimate of drug-likeness (QED) is 0.387. The fourth-order valence-electron chi connectivity index (χ4n) is 3.37. The zero-order chi connectivity index (χ0) is 22.3. The predicted molar refractivity (Wildman–Crippen MR) is 126 cm³/mol. The Bertz CT molecular complexity index is 1170. The molecule has 0 saturated carbocycles. The Morgan fingerprint density at radius 3 is 2.41 bits per heavy atom. The van der Waals surface area contributed by atoms with Gasteiger partial charge in [0.2, 0.25) is 0 Å². The van der Waals surface area contributed by atoms with E-state index < -0.39 is 0 Å². The van der Waals surface area contributed by atoms with E-state index in [2.05, 4.69) is 10.3 Å². The summed E-state index contributed by atoms with van der Waals surface area (Å²) in [7, 11) is 1.64. The Morgan fingerprint density at radius 1 is 0.969 bits per heavy atom. The Hall–Kier alpha value is -3.64. The van der Waals surface area contributed by atoms with Crippen LogP contribution in [-0.4, -0.2) is 18.0 Å². The molecule has 0 aliphatic heterocycles. The second kappa shape index (κ2) is 10.1. The smallest absolute Gasteiger partial charge is 0.252 e. The topological polar surface area (TPSA) is 60.5 Å². The van der Waals surface area contributed by atoms with Crippen LogP contribution in [0.2, 0.25) is 0 Å². The van der Waals surface area contributed by atoms with E-state index >= 15 is 0 Å². The van der Waals surface area contributed by atoms with Crippen molar-refractivity contribution >= 4 is 17.2 Å². The molecule has 4 rings (SSSR count). The van der Waals surface area contributed by atoms with Crippen LogP contribution in [0.15, 0.2) is 84.2 Å². The molecule has 0 aliphatic rings. The summed E-state index contributed by atoms with van der Waals surface area (Å²) in [6, 6.07) is 24.5. The van der Waals surface area contributed by atoms with Crippen molar-refractivity contribution in [1.29, 1.82) is 0 Å². The number of aryl methyl sites for hydroxylation is 1. The van der Waals surface area contributed by atoms with E-state index in [-0.39, 0.29) is 11.9 Å². The zero-order valence-electron chi connectivity index (χ0n) is 17.9. The van der Waals surface area contributed by atoms with Crippen molar-refractivity contribution < 1.29 is 14.3 Å². The summed E-state index contributed by atoms with van der Waals surface area (Å²) in [6.45, 7) is 2.33. The van der Waals surface area contributed by atoms with Crippen LogP contribution in [0.4, 0.5) is 0 Å². The lowest BCUT2D eigenvalue weighted by molar-refractivity contribution is 0.0942. The number of ether oxygens (including phenoxy) is 2. The van der Waals surface area contributed by atoms with Gasteiger partial charge in [0, 0.05) is 10.9 Å². The van der Waals surface area contributed by atoms with E-state index in [0.29, 0.717) is 17.9 Å². The third kappa shape index (κ3) is 5.34. The van der Waals surface area contributed by atoms with Crippen molar-refractivity contribution in [3.8, 4) is 11.5 Å². The first-order valence-electron chi connectivity index (χ1n) is 10.3. The molecule has 1 atom stereocenters. The van der Waals surface area contributed by atoms with Gasteiger partial charge >= 0.3 is 0 Å². The van der Waals surface area contributed by atoms with E-state index in [1.165, 1.54) is 0 Å². The Labute approximate surface area is 191 Å². The molecule has 0 radical (unpaired) electrons. The summed E-state index contributed by atoms with van der Waals surface area (Å²) in [6.07, 6.45) is 0. The lowest BCUT2D eigenvalue weighted by Crippen LogP contribution is -2.29. The number of methoxy groups -OCH3 is 1. The Morgan fingerprint density at radius 2 is 1.72 bits per heavy atom. The molecule has 6 heteroatoms. The minimum atomic E-state index is -0.294. The maximum absolute atomic E-state index is 13.2. The molecular weight excluding hydrogens is 420 g/mol. The van der Waals surface area contributed by atoms with Crippen molar-refractivity contribution in [2.75, 3.05) is 7.11 Å². The molecular formula is C26H24N2O3S. The third-order valence-electron chi connectivity index (χ3n) is 5.01. The monoisotopic (exact) mass is 444 g/mol. The highest BCUT2D eigenvalue weighted by atomic mass is 32.1. The normalized spacial score (nSPS) is 11.6. The number of benzene rings is 3. The first-order valence-corrected chi connectivity index (χ1v) is 11.1. The molecule has 1 unspecified atom stereocenters. The summed E-state index contributed by atoms with van der Waals surface area (Å²) in [5.74, 6) is 1.22. The number of rotatable bonds is 8. The Kier molecular flexibility index (Phi) is 6.82. The SMILES string of the molecule is COc1ccc(C(NC(=O)c2cccc(OCc3csc(C)n3)c2)c2ccccc2)cc1. The maximum atomic E-state index is 13.2. The van der Waals surface area contributed by atoms with E-state index in [1.807, 2.05) is 79.0 Å². The molecule has 1 amide bonds. The highest BCUT2D eigenvalue weighted by Gasteiger charge is 2.18. The van der Waals surface area contributed by atoms with Gasteiger partial charge in [-0.25, -0.2) is 4.98 Å². The number of amides is 1. The van der Waals surface area contributed by atoms with Gasteiger partial charge in [-0.15, -0.1) is 11.3 Å². The third-order valence-corrected chi connectivity index (χ3v) is 5.83. The van der Waals surface area contributed by atoms with Crippen molar-refractivity contribution in [2.24, 2.45) is 0 Å². The minimum Gasteiger partial charge on any atom is -0.497 e. The number of hydrogen-bond acceptors (Lipinski definition) is 5. The molecule has 1 heterocycles. The predicted octanol–water partition coefficient (Wildman–Crippen LogP) is 5.56. The van der Waals surface area contributed by atoms with Gasteiger partial charge in [0.1, 0.15) is 18.1 Å². The zero-order valence-corrected chi connectivity index (χ0v) is 18.8. The molecule has 32 heavy (non-hydrogen) atoms. The van der Waals surface area contributed by atoms with Crippen LogP contribution in [0.1, 0.15) is 38.2 Å². The Balaban J connectivity index is 1.52. The second-order valence-electron chi connectivity index (χ2n) is 7.26. The van der Waals surface area contributed by atoms with Crippen LogP contribution in [0.25, 0.3) is 0 Å². The lowest BCUT2D eigenvalue weighted by Gasteiger charge is -2.20. The summed E-state index contributed by atoms with van der Waals surface area (Å²) in [4.78, 5) is 17.6. The summed E-state index contributed by atoms with van der Waals surface area (Å²) in [5, 5.41) is 6.14. The molecule has 0 bridgehead atoms. The molecule has 4 aromatic rings. The number of carbonyl (C=O) groups is 1. The summed E-state index contributed by atoms with van der Waals surface area (Å²) >= 11 is 1.59. The van der Waals surface area contributed by atoms with Crippen molar-refractivity contribution in [3.05, 3.63) is 112 Å². The number of nitrogens with zero attached hydrogens (tertiary/aromatic N) is 1. The molecule has 5 nitrogen and oxygen atoms in total. The van der Waals surface area contributed by atoms with Crippen molar-refractivity contribution in [1.82, 2.24) is 10.3 Å². The van der Waals surface area contributed by atoms with Crippen LogP contribution < -0.4 is 14.8 Å². The number of hydrogen-bond donors (Lipinski definition) is 1. The van der Waals surface area contributed by atoms with Crippen molar-refractivity contribution in [3.63, 3.8) is 0 Å². The standard InChI is InChI=1S/C26H24N2O3S/c1-18-27-22(17-32-18)16-31-24-10-6-9-21(15-24)26(29)28-25(19-7-4-3-5-8-19)20-11-13-23(30-2)14-12-20/h3-15,17,25H,16H2,1-2H3,(H,28,29). The molecule has 0 aliphatic carbocycles. The van der Waals surface area contributed by atoms with Crippen LogP contribution in [0, 0.1) is 6.92 Å². The van der Waals surface area contributed by atoms with Gasteiger partial charge in [0.05, 0.1) is 23.9 Å². The van der Waals surface area contributed by atoms with Gasteiger partial charge in [-0.1, -0.05) is 48.5 Å². The number of nitrogens with one attached hydrogen (secondary N) is 1. The average molecular weight is 445 g/mol. The van der Waals surface area contributed by atoms with Gasteiger partial charge in [0.25, 0.3) is 5.91 Å². The van der Waals surface area contributed by atoms with Gasteiger partial charge in [-0.05, 0) is 48.4 Å². The highest BCUT2D eigenvalue weighted by Crippen LogP contribution is 2.25. The van der Waals surface area contributed by atoms with Gasteiger partial charge in [-0.3, -0.25) is 4.79 Å². The molecule has 1 aromatic heterocycles. The van der Waals surface area contributed by atoms with Crippen LogP contribution >= 0.6 is 11.3 Å². The second-order valence-corrected chi connectivity index (χ2v) is 8.33. The number of thiazole rings is 1. The number of aromatic nitrogens is 1. The van der Waals surface area contributed by atoms with Crippen molar-refractivity contribution in [2.45, 2.75) is 19.6 Å². The van der Waals surface area contributed by atoms with Crippen LogP contribution in [0.5, 0.6) is 11.5 Å². The first-order chi connectivity index (χ1) is 15.6. The average Bonchev–Trinajstić information content (AvgIpc) is 3.27. The highest BCUT2D eigenvalue weighted by molar-refractivity contribution is 7.09. The van der Waals surface area contributed by atoms with Crippen LogP contribution in [0.3, 0.4) is 0 Å². The fourth-order valence-corrected chi connectivity index (χ4v) is 3.97. The van der Waals surface area contributed by atoms with E-state index in [9.17, 15) is 4.79 Å². The maximum Gasteiger partial charge on any atom is 0.252 e. The number of carbonyl (C=O) groups excluding carboxylic acids is 1. The van der Waals surface area contributed by atoms with E-state index in [0.717, 1.165) is 27.6 Å². The fraction of sp³-hybridized carbons (Fsp3) is 0.154. The van der Waals surface area contributed by atoms with E-state index in [1.54, 1.807) is 30.6 Å². The molecule has 1 N–H and O–H groups in total. The molecule has 0 saturated heterocycles. The molecule has 3 aromatic carbocycles. The van der Waals surface area contributed by atoms with Gasteiger partial charge in [-0.2, -0.15) is 0 Å². The first kappa shape index (κ1) is 21.6. The molecule has 162 valence electrons. The molecule has 0 fully saturated rings. The summed E-state index contributed by atoms with van der Waals surface area (Å²) < 4.78 is 11.1. The minimum absolute atomic E-state index is 0.176. The van der Waals surface area contributed by atoms with E-state index in [4.69, 9.17) is 9.47 Å². The van der Waals surface area contributed by atoms with Gasteiger partial charge < -0.3 is 14.8 Å². The molecule has 0 spiro atoms. The van der Waals surface area contributed by atoms with Gasteiger partial charge in [0.15, 0.2) is 0 Å². The van der Waals surface area contributed by atoms with Crippen LogP contribution in [-0.2, 0) is 6.61 Å². The largest absolute Gasteiger partial charge is 0.497 e.